The van der Waals surface area contributed by atoms with Crippen LogP contribution in [-0.2, 0) is 12.8 Å². The number of nitrogens with one attached hydrogen (secondary N) is 1. The second-order valence-electron chi connectivity index (χ2n) is 3.75. The van der Waals surface area contributed by atoms with Gasteiger partial charge in [0.2, 0.25) is 0 Å². The summed E-state index contributed by atoms with van der Waals surface area (Å²) in [6.07, 6.45) is 3.40. The van der Waals surface area contributed by atoms with Gasteiger partial charge in [-0.2, -0.15) is 12.6 Å². The van der Waals surface area contributed by atoms with Gasteiger partial charge in [-0.25, -0.2) is 0 Å². The van der Waals surface area contributed by atoms with Crippen molar-refractivity contribution < 1.29 is 0 Å². The van der Waals surface area contributed by atoms with E-state index < -0.39 is 0 Å². The zero-order chi connectivity index (χ0) is 10.9. The summed E-state index contributed by atoms with van der Waals surface area (Å²) >= 11 is 4.17. The van der Waals surface area contributed by atoms with Gasteiger partial charge < -0.3 is 5.32 Å². The molecule has 0 aliphatic rings. The summed E-state index contributed by atoms with van der Waals surface area (Å²) in [5.41, 5.74) is 2.84. The monoisotopic (exact) mass is 223 g/mol. The van der Waals surface area contributed by atoms with Gasteiger partial charge in [0.25, 0.3) is 0 Å². The number of aryl methyl sites for hydroxylation is 1. The van der Waals surface area contributed by atoms with Crippen LogP contribution in [-0.4, -0.2) is 18.8 Å². The molecule has 1 rings (SSSR count). The Labute approximate surface area is 98.7 Å². The van der Waals surface area contributed by atoms with Crippen molar-refractivity contribution in [2.75, 3.05) is 18.8 Å². The summed E-state index contributed by atoms with van der Waals surface area (Å²) in [6.45, 7) is 4.34. The van der Waals surface area contributed by atoms with Crippen LogP contribution in [0.1, 0.15) is 24.5 Å². The molecule has 0 spiro atoms. The van der Waals surface area contributed by atoms with E-state index in [1.807, 2.05) is 0 Å². The molecule has 0 aliphatic heterocycles. The van der Waals surface area contributed by atoms with Crippen LogP contribution in [0.4, 0.5) is 0 Å². The maximum absolute atomic E-state index is 4.17. The molecular formula is C13H21NS. The van der Waals surface area contributed by atoms with E-state index in [1.165, 1.54) is 11.1 Å². The molecule has 0 aromatic heterocycles. The van der Waals surface area contributed by atoms with E-state index in [4.69, 9.17) is 0 Å². The lowest BCUT2D eigenvalue weighted by Gasteiger charge is -2.04. The van der Waals surface area contributed by atoms with Crippen LogP contribution in [0.25, 0.3) is 0 Å². The fourth-order valence-corrected chi connectivity index (χ4v) is 1.66. The summed E-state index contributed by atoms with van der Waals surface area (Å²) < 4.78 is 0. The van der Waals surface area contributed by atoms with E-state index >= 15 is 0 Å². The molecule has 0 saturated heterocycles. The quantitative estimate of drug-likeness (QED) is 0.535. The third-order valence-corrected chi connectivity index (χ3v) is 2.85. The lowest BCUT2D eigenvalue weighted by atomic mass is 10.1. The first-order chi connectivity index (χ1) is 7.36. The van der Waals surface area contributed by atoms with Crippen LogP contribution in [0.15, 0.2) is 24.3 Å². The molecule has 0 fully saturated rings. The van der Waals surface area contributed by atoms with Crippen LogP contribution in [0.2, 0.25) is 0 Å². The van der Waals surface area contributed by atoms with Gasteiger partial charge in [0.05, 0.1) is 0 Å². The minimum atomic E-state index is 0.970. The van der Waals surface area contributed by atoms with Crippen molar-refractivity contribution >= 4 is 12.6 Å². The normalized spacial score (nSPS) is 10.5. The van der Waals surface area contributed by atoms with Crippen molar-refractivity contribution in [1.29, 1.82) is 0 Å². The number of thiol groups is 1. The standard InChI is InChI=1S/C13H21NS/c1-2-12-4-6-13(7-5-12)8-10-14-9-3-11-15/h4-7,14-15H,2-3,8-11H2,1H3. The highest BCUT2D eigenvalue weighted by atomic mass is 32.1. The first kappa shape index (κ1) is 12.6. The zero-order valence-electron chi connectivity index (χ0n) is 9.50. The van der Waals surface area contributed by atoms with Gasteiger partial charge in [-0.3, -0.25) is 0 Å². The Bertz CT molecular complexity index is 256. The number of hydrogen-bond donors (Lipinski definition) is 2. The molecule has 0 amide bonds. The molecule has 15 heavy (non-hydrogen) atoms. The Hall–Kier alpha value is -0.470. The highest BCUT2D eigenvalue weighted by Crippen LogP contribution is 2.05. The molecule has 1 nitrogen and oxygen atoms in total. The van der Waals surface area contributed by atoms with Crippen molar-refractivity contribution in [1.82, 2.24) is 5.32 Å². The first-order valence-electron chi connectivity index (χ1n) is 5.76. The van der Waals surface area contributed by atoms with Crippen LogP contribution in [0.5, 0.6) is 0 Å². The largest absolute Gasteiger partial charge is 0.316 e. The maximum Gasteiger partial charge on any atom is -0.000835 e. The molecule has 84 valence electrons. The summed E-state index contributed by atoms with van der Waals surface area (Å²) in [5.74, 6) is 0.970. The van der Waals surface area contributed by atoms with Crippen molar-refractivity contribution in [3.05, 3.63) is 35.4 Å². The predicted molar refractivity (Wildman–Crippen MR) is 70.9 cm³/mol. The molecule has 0 atom stereocenters. The van der Waals surface area contributed by atoms with Gasteiger partial charge in [-0.05, 0) is 49.2 Å². The molecule has 0 radical (unpaired) electrons. The van der Waals surface area contributed by atoms with Gasteiger partial charge in [0.15, 0.2) is 0 Å². The molecule has 0 heterocycles. The Balaban J connectivity index is 2.20. The molecule has 0 aliphatic carbocycles. The summed E-state index contributed by atoms with van der Waals surface area (Å²) in [7, 11) is 0. The summed E-state index contributed by atoms with van der Waals surface area (Å²) in [6, 6.07) is 8.92. The van der Waals surface area contributed by atoms with E-state index in [-0.39, 0.29) is 0 Å². The van der Waals surface area contributed by atoms with Gasteiger partial charge in [-0.1, -0.05) is 31.2 Å². The highest BCUT2D eigenvalue weighted by molar-refractivity contribution is 7.80. The van der Waals surface area contributed by atoms with Crippen LogP contribution < -0.4 is 5.32 Å². The zero-order valence-corrected chi connectivity index (χ0v) is 10.4. The van der Waals surface area contributed by atoms with Gasteiger partial charge >= 0.3 is 0 Å². The molecule has 0 bridgehead atoms. The smallest absolute Gasteiger partial charge is 0.000835 e. The Morgan fingerprint density at radius 1 is 1.07 bits per heavy atom. The fourth-order valence-electron chi connectivity index (χ4n) is 1.50. The molecular weight excluding hydrogens is 202 g/mol. The average molecular weight is 223 g/mol. The van der Waals surface area contributed by atoms with Crippen LogP contribution in [0.3, 0.4) is 0 Å². The minimum Gasteiger partial charge on any atom is -0.316 e. The summed E-state index contributed by atoms with van der Waals surface area (Å²) in [5, 5.41) is 3.41. The lowest BCUT2D eigenvalue weighted by molar-refractivity contribution is 0.675. The number of benzene rings is 1. The van der Waals surface area contributed by atoms with E-state index in [2.05, 4.69) is 49.1 Å². The maximum atomic E-state index is 4.17. The van der Waals surface area contributed by atoms with E-state index in [1.54, 1.807) is 0 Å². The molecule has 1 N–H and O–H groups in total. The fraction of sp³-hybridized carbons (Fsp3) is 0.538. The summed E-state index contributed by atoms with van der Waals surface area (Å²) in [4.78, 5) is 0. The lowest BCUT2D eigenvalue weighted by Crippen LogP contribution is -2.18. The second kappa shape index (κ2) is 7.77. The van der Waals surface area contributed by atoms with Crippen molar-refractivity contribution in [2.24, 2.45) is 0 Å². The highest BCUT2D eigenvalue weighted by Gasteiger charge is 1.93. The van der Waals surface area contributed by atoms with Crippen LogP contribution >= 0.6 is 12.6 Å². The Morgan fingerprint density at radius 3 is 2.33 bits per heavy atom. The molecule has 1 aromatic rings. The molecule has 2 heteroatoms. The van der Waals surface area contributed by atoms with Crippen molar-refractivity contribution in [2.45, 2.75) is 26.2 Å². The predicted octanol–water partition coefficient (Wildman–Crippen LogP) is 2.70. The van der Waals surface area contributed by atoms with Crippen LogP contribution in [0, 0.1) is 0 Å². The third kappa shape index (κ3) is 5.24. The van der Waals surface area contributed by atoms with Gasteiger partial charge in [0, 0.05) is 0 Å². The molecule has 0 unspecified atom stereocenters. The second-order valence-corrected chi connectivity index (χ2v) is 4.19. The SMILES string of the molecule is CCc1ccc(CCNCCCS)cc1. The Kier molecular flexibility index (Phi) is 6.53. The molecule has 0 saturated carbocycles. The van der Waals surface area contributed by atoms with Crippen molar-refractivity contribution in [3.63, 3.8) is 0 Å². The first-order valence-corrected chi connectivity index (χ1v) is 6.39. The van der Waals surface area contributed by atoms with Crippen molar-refractivity contribution in [3.8, 4) is 0 Å². The third-order valence-electron chi connectivity index (χ3n) is 2.53. The Morgan fingerprint density at radius 2 is 1.73 bits per heavy atom. The number of hydrogen-bond acceptors (Lipinski definition) is 2. The van der Waals surface area contributed by atoms with E-state index in [0.29, 0.717) is 0 Å². The van der Waals surface area contributed by atoms with E-state index in [9.17, 15) is 0 Å². The van der Waals surface area contributed by atoms with E-state index in [0.717, 1.165) is 38.1 Å². The number of rotatable bonds is 7. The van der Waals surface area contributed by atoms with Gasteiger partial charge in [0.1, 0.15) is 0 Å². The topological polar surface area (TPSA) is 12.0 Å². The molecule has 1 aromatic carbocycles. The minimum absolute atomic E-state index is 0.970. The average Bonchev–Trinajstić information content (AvgIpc) is 2.30. The van der Waals surface area contributed by atoms with Gasteiger partial charge in [-0.15, -0.1) is 0 Å².